The molecule has 0 atom stereocenters. The Balaban J connectivity index is 2.37. The first-order valence-corrected chi connectivity index (χ1v) is 8.23. The van der Waals surface area contributed by atoms with Crippen molar-refractivity contribution in [1.82, 2.24) is 9.97 Å². The highest BCUT2D eigenvalue weighted by Gasteiger charge is 2.15. The van der Waals surface area contributed by atoms with Gasteiger partial charge in [0.15, 0.2) is 15.7 Å². The van der Waals surface area contributed by atoms with Crippen molar-refractivity contribution in [2.24, 2.45) is 0 Å². The van der Waals surface area contributed by atoms with Gasteiger partial charge in [0.2, 0.25) is 5.28 Å². The van der Waals surface area contributed by atoms with Crippen LogP contribution in [-0.2, 0) is 9.84 Å². The average molecular weight is 334 g/mol. The van der Waals surface area contributed by atoms with Crippen molar-refractivity contribution in [1.29, 1.82) is 0 Å². The first-order valence-electron chi connectivity index (χ1n) is 5.09. The number of aromatic carboxylic acids is 1. The van der Waals surface area contributed by atoms with Crippen molar-refractivity contribution in [3.05, 3.63) is 28.5 Å². The average Bonchev–Trinajstić information content (AvgIpc) is 2.76. The SMILES string of the molecule is CS(=O)(=O)c1csc(Nc2nc(Cl)ncc2C(=O)O)c1. The van der Waals surface area contributed by atoms with Crippen molar-refractivity contribution in [2.75, 3.05) is 11.6 Å². The van der Waals surface area contributed by atoms with Gasteiger partial charge in [-0.1, -0.05) is 0 Å². The highest BCUT2D eigenvalue weighted by Crippen LogP contribution is 2.28. The monoisotopic (exact) mass is 333 g/mol. The standard InChI is InChI=1S/C10H8ClN3O4S2/c1-20(17,18)5-2-7(19-4-5)13-8-6(9(15)16)3-12-10(11)14-8/h2-4H,1H3,(H,15,16)(H,12,13,14). The maximum absolute atomic E-state index is 11.4. The Kier molecular flexibility index (Phi) is 3.93. The van der Waals surface area contributed by atoms with Crippen LogP contribution in [0.4, 0.5) is 10.8 Å². The number of hydrogen-bond donors (Lipinski definition) is 2. The van der Waals surface area contributed by atoms with Crippen LogP contribution in [0.15, 0.2) is 22.5 Å². The molecule has 2 aromatic heterocycles. The molecule has 2 heterocycles. The fourth-order valence-corrected chi connectivity index (χ4v) is 3.35. The molecule has 0 aliphatic heterocycles. The van der Waals surface area contributed by atoms with E-state index < -0.39 is 15.8 Å². The van der Waals surface area contributed by atoms with E-state index in [9.17, 15) is 13.2 Å². The van der Waals surface area contributed by atoms with Gasteiger partial charge in [-0.3, -0.25) is 0 Å². The lowest BCUT2D eigenvalue weighted by Gasteiger charge is -2.05. The van der Waals surface area contributed by atoms with Crippen molar-refractivity contribution in [2.45, 2.75) is 4.90 Å². The summed E-state index contributed by atoms with van der Waals surface area (Å²) in [6.45, 7) is 0. The van der Waals surface area contributed by atoms with Crippen molar-refractivity contribution in [3.63, 3.8) is 0 Å². The molecule has 0 radical (unpaired) electrons. The molecule has 2 N–H and O–H groups in total. The number of hydrogen-bond acceptors (Lipinski definition) is 7. The number of carbonyl (C=O) groups is 1. The van der Waals surface area contributed by atoms with Crippen LogP contribution in [0.3, 0.4) is 0 Å². The second-order valence-electron chi connectivity index (χ2n) is 3.75. The Bertz CT molecular complexity index is 773. The minimum absolute atomic E-state index is 0.000555. The molecule has 2 aromatic rings. The molecule has 10 heteroatoms. The van der Waals surface area contributed by atoms with Crippen molar-refractivity contribution >= 4 is 49.6 Å². The first-order chi connectivity index (χ1) is 9.27. The van der Waals surface area contributed by atoms with Crippen LogP contribution in [0.5, 0.6) is 0 Å². The summed E-state index contributed by atoms with van der Waals surface area (Å²) in [5, 5.41) is 13.5. The van der Waals surface area contributed by atoms with E-state index >= 15 is 0 Å². The van der Waals surface area contributed by atoms with Gasteiger partial charge in [0.05, 0.1) is 9.90 Å². The van der Waals surface area contributed by atoms with Crippen LogP contribution < -0.4 is 5.32 Å². The van der Waals surface area contributed by atoms with Crippen LogP contribution in [0.25, 0.3) is 0 Å². The maximum Gasteiger partial charge on any atom is 0.341 e. The number of nitrogens with one attached hydrogen (secondary N) is 1. The van der Waals surface area contributed by atoms with Crippen LogP contribution in [0, 0.1) is 0 Å². The highest BCUT2D eigenvalue weighted by molar-refractivity contribution is 7.90. The van der Waals surface area contributed by atoms with E-state index in [0.717, 1.165) is 23.8 Å². The summed E-state index contributed by atoms with van der Waals surface area (Å²) in [6, 6.07) is 1.39. The molecule has 0 amide bonds. The minimum atomic E-state index is -3.31. The molecule has 7 nitrogen and oxygen atoms in total. The largest absolute Gasteiger partial charge is 0.477 e. The summed E-state index contributed by atoms with van der Waals surface area (Å²) < 4.78 is 22.7. The fourth-order valence-electron chi connectivity index (χ4n) is 1.31. The molecule has 0 saturated heterocycles. The molecule has 0 bridgehead atoms. The van der Waals surface area contributed by atoms with Gasteiger partial charge in [0.1, 0.15) is 5.56 Å². The molecule has 20 heavy (non-hydrogen) atoms. The summed E-state index contributed by atoms with van der Waals surface area (Å²) in [5.41, 5.74) is -0.163. The van der Waals surface area contributed by atoms with Crippen LogP contribution in [0.1, 0.15) is 10.4 Å². The van der Waals surface area contributed by atoms with Gasteiger partial charge in [0, 0.05) is 17.8 Å². The summed E-state index contributed by atoms with van der Waals surface area (Å²) in [7, 11) is -3.31. The number of thiophene rings is 1. The van der Waals surface area contributed by atoms with Gasteiger partial charge in [-0.2, -0.15) is 4.98 Å². The zero-order valence-corrected chi connectivity index (χ0v) is 12.4. The third-order valence-corrected chi connectivity index (χ3v) is 4.50. The minimum Gasteiger partial charge on any atom is -0.477 e. The molecule has 2 rings (SSSR count). The fraction of sp³-hybridized carbons (Fsp3) is 0.100. The molecule has 106 valence electrons. The van der Waals surface area contributed by atoms with Crippen LogP contribution in [0.2, 0.25) is 5.28 Å². The van der Waals surface area contributed by atoms with Crippen molar-refractivity contribution in [3.8, 4) is 0 Å². The van der Waals surface area contributed by atoms with Crippen LogP contribution >= 0.6 is 22.9 Å². The number of aromatic nitrogens is 2. The van der Waals surface area contributed by atoms with Crippen LogP contribution in [-0.4, -0.2) is 35.7 Å². The number of carboxylic acid groups (broad SMARTS) is 1. The Morgan fingerprint density at radius 3 is 2.75 bits per heavy atom. The normalized spacial score (nSPS) is 11.3. The zero-order valence-electron chi connectivity index (χ0n) is 9.99. The molecule has 0 aliphatic rings. The predicted octanol–water partition coefficient (Wildman–Crippen LogP) is 2.04. The molecular weight excluding hydrogens is 326 g/mol. The maximum atomic E-state index is 11.4. The van der Waals surface area contributed by atoms with Gasteiger partial charge in [-0.05, 0) is 17.7 Å². The van der Waals surface area contributed by atoms with E-state index in [0.29, 0.717) is 5.00 Å². The summed E-state index contributed by atoms with van der Waals surface area (Å²) in [4.78, 5) is 18.5. The van der Waals surface area contributed by atoms with E-state index in [2.05, 4.69) is 15.3 Å². The lowest BCUT2D eigenvalue weighted by atomic mass is 10.3. The van der Waals surface area contributed by atoms with E-state index in [4.69, 9.17) is 16.7 Å². The van der Waals surface area contributed by atoms with E-state index in [1.165, 1.54) is 11.4 Å². The number of nitrogens with zero attached hydrogens (tertiary/aromatic N) is 2. The third kappa shape index (κ3) is 3.24. The van der Waals surface area contributed by atoms with Gasteiger partial charge >= 0.3 is 5.97 Å². The topological polar surface area (TPSA) is 109 Å². The molecule has 0 aliphatic carbocycles. The Hall–Kier alpha value is -1.71. The number of rotatable bonds is 4. The smallest absolute Gasteiger partial charge is 0.341 e. The predicted molar refractivity (Wildman–Crippen MR) is 74.7 cm³/mol. The molecular formula is C10H8ClN3O4S2. The molecule has 0 fully saturated rings. The second kappa shape index (κ2) is 5.35. The lowest BCUT2D eigenvalue weighted by Crippen LogP contribution is -2.05. The summed E-state index contributed by atoms with van der Waals surface area (Å²) in [6.07, 6.45) is 2.16. The van der Waals surface area contributed by atoms with E-state index in [-0.39, 0.29) is 21.6 Å². The summed E-state index contributed by atoms with van der Waals surface area (Å²) in [5.74, 6) is -1.22. The highest BCUT2D eigenvalue weighted by atomic mass is 35.5. The zero-order chi connectivity index (χ0) is 14.9. The van der Waals surface area contributed by atoms with Crippen molar-refractivity contribution < 1.29 is 18.3 Å². The van der Waals surface area contributed by atoms with Gasteiger partial charge in [-0.15, -0.1) is 11.3 Å². The number of sulfone groups is 1. The van der Waals surface area contributed by atoms with E-state index in [1.807, 2.05) is 0 Å². The van der Waals surface area contributed by atoms with Gasteiger partial charge in [0.25, 0.3) is 0 Å². The first kappa shape index (κ1) is 14.7. The van der Waals surface area contributed by atoms with Gasteiger partial charge < -0.3 is 10.4 Å². The van der Waals surface area contributed by atoms with Gasteiger partial charge in [-0.25, -0.2) is 18.2 Å². The lowest BCUT2D eigenvalue weighted by molar-refractivity contribution is 0.0697. The Morgan fingerprint density at radius 2 is 2.20 bits per heavy atom. The molecule has 0 saturated carbocycles. The number of halogens is 1. The quantitative estimate of drug-likeness (QED) is 0.824. The number of carboxylic acids is 1. The number of anilines is 2. The Morgan fingerprint density at radius 1 is 1.50 bits per heavy atom. The van der Waals surface area contributed by atoms with E-state index in [1.54, 1.807) is 0 Å². The molecule has 0 aromatic carbocycles. The molecule has 0 spiro atoms. The summed E-state index contributed by atoms with van der Waals surface area (Å²) >= 11 is 6.73. The molecule has 0 unspecified atom stereocenters. The second-order valence-corrected chi connectivity index (χ2v) is 7.02. The third-order valence-electron chi connectivity index (χ3n) is 2.23. The Labute approximate surface area is 123 Å².